The average Bonchev–Trinajstić information content (AvgIpc) is 2.91. The predicted molar refractivity (Wildman–Crippen MR) is 76.6 cm³/mol. The molecule has 0 amide bonds. The van der Waals surface area contributed by atoms with Crippen molar-refractivity contribution in [3.05, 3.63) is 48.2 Å². The zero-order valence-electron chi connectivity index (χ0n) is 11.3. The van der Waals surface area contributed by atoms with E-state index in [9.17, 15) is 10.2 Å². The molecule has 2 aromatic rings. The zero-order chi connectivity index (χ0) is 13.9. The lowest BCUT2D eigenvalue weighted by Gasteiger charge is -2.33. The summed E-state index contributed by atoms with van der Waals surface area (Å²) in [7, 11) is 0. The maximum absolute atomic E-state index is 9.73. The molecule has 3 rings (SSSR count). The van der Waals surface area contributed by atoms with Crippen molar-refractivity contribution in [3.8, 4) is 0 Å². The van der Waals surface area contributed by atoms with Crippen LogP contribution in [0.2, 0.25) is 0 Å². The molecule has 1 aromatic heterocycles. The molecule has 1 fully saturated rings. The first-order chi connectivity index (χ1) is 9.72. The molecule has 1 aromatic carbocycles. The van der Waals surface area contributed by atoms with E-state index in [4.69, 9.17) is 0 Å². The third kappa shape index (κ3) is 2.84. The largest absolute Gasteiger partial charge is 0.390 e. The van der Waals surface area contributed by atoms with Crippen LogP contribution in [0.25, 0.3) is 0 Å². The smallest absolute Gasteiger partial charge is 0.150 e. The van der Waals surface area contributed by atoms with Crippen molar-refractivity contribution < 1.29 is 10.2 Å². The summed E-state index contributed by atoms with van der Waals surface area (Å²) in [6.45, 7) is 1.89. The minimum absolute atomic E-state index is 0.434. The molecule has 0 aliphatic carbocycles. The number of nitrogens with zero attached hydrogens (tertiary/aromatic N) is 3. The molecule has 0 bridgehead atoms. The Morgan fingerprint density at radius 1 is 1.10 bits per heavy atom. The Morgan fingerprint density at radius 2 is 1.90 bits per heavy atom. The number of aliphatic hydroxyl groups excluding tert-OH is 2. The minimum atomic E-state index is -0.692. The standard InChI is InChI=1S/C15H19N3O2/c19-13-6-8-17(11-14(13)20)15-7-9-18(16-15)10-12-4-2-1-3-5-12/h1-5,7,9,13-14,19-20H,6,8,10-11H2/t13-,14+/m1/s1. The lowest BCUT2D eigenvalue weighted by Crippen LogP contribution is -2.46. The Labute approximate surface area is 118 Å². The molecule has 2 heterocycles. The zero-order valence-corrected chi connectivity index (χ0v) is 11.3. The number of anilines is 1. The average molecular weight is 273 g/mol. The van der Waals surface area contributed by atoms with Crippen molar-refractivity contribution in [1.82, 2.24) is 9.78 Å². The van der Waals surface area contributed by atoms with Gasteiger partial charge in [0, 0.05) is 25.4 Å². The van der Waals surface area contributed by atoms with Crippen LogP contribution in [0, 0.1) is 0 Å². The van der Waals surface area contributed by atoms with Crippen LogP contribution in [-0.4, -0.2) is 45.3 Å². The summed E-state index contributed by atoms with van der Waals surface area (Å²) < 4.78 is 1.89. The summed E-state index contributed by atoms with van der Waals surface area (Å²) in [6, 6.07) is 12.1. The fourth-order valence-electron chi connectivity index (χ4n) is 2.51. The van der Waals surface area contributed by atoms with Crippen LogP contribution in [0.4, 0.5) is 5.82 Å². The summed E-state index contributed by atoms with van der Waals surface area (Å²) in [5.41, 5.74) is 1.20. The first kappa shape index (κ1) is 13.1. The first-order valence-corrected chi connectivity index (χ1v) is 6.91. The molecule has 0 radical (unpaired) electrons. The van der Waals surface area contributed by atoms with E-state index in [1.54, 1.807) is 0 Å². The highest BCUT2D eigenvalue weighted by Gasteiger charge is 2.26. The Morgan fingerprint density at radius 3 is 2.65 bits per heavy atom. The summed E-state index contributed by atoms with van der Waals surface area (Å²) in [4.78, 5) is 2.01. The number of β-amino-alcohol motifs (C(OH)–C–C–N with tert-alkyl or cyclic N) is 1. The Kier molecular flexibility index (Phi) is 3.71. The van der Waals surface area contributed by atoms with Crippen molar-refractivity contribution in [2.45, 2.75) is 25.2 Å². The second-order valence-electron chi connectivity index (χ2n) is 5.23. The van der Waals surface area contributed by atoms with Crippen molar-refractivity contribution in [2.24, 2.45) is 0 Å². The van der Waals surface area contributed by atoms with E-state index >= 15 is 0 Å². The molecule has 1 aliphatic rings. The fraction of sp³-hybridized carbons (Fsp3) is 0.400. The fourth-order valence-corrected chi connectivity index (χ4v) is 2.51. The van der Waals surface area contributed by atoms with Gasteiger partial charge in [-0.25, -0.2) is 0 Å². The highest BCUT2D eigenvalue weighted by Crippen LogP contribution is 2.18. The molecule has 106 valence electrons. The van der Waals surface area contributed by atoms with E-state index in [1.807, 2.05) is 40.0 Å². The normalized spacial score (nSPS) is 23.0. The number of aliphatic hydroxyl groups is 2. The predicted octanol–water partition coefficient (Wildman–Crippen LogP) is 0.863. The quantitative estimate of drug-likeness (QED) is 0.871. The molecule has 1 saturated heterocycles. The highest BCUT2D eigenvalue weighted by molar-refractivity contribution is 5.38. The number of aromatic nitrogens is 2. The lowest BCUT2D eigenvalue weighted by molar-refractivity contribution is 0.00784. The molecule has 1 aliphatic heterocycles. The molecular weight excluding hydrogens is 254 g/mol. The maximum Gasteiger partial charge on any atom is 0.150 e. The van der Waals surface area contributed by atoms with Crippen LogP contribution in [0.15, 0.2) is 42.6 Å². The van der Waals surface area contributed by atoms with Gasteiger partial charge in [-0.3, -0.25) is 4.68 Å². The molecular formula is C15H19N3O2. The molecule has 5 heteroatoms. The number of piperidine rings is 1. The number of hydrogen-bond donors (Lipinski definition) is 2. The summed E-state index contributed by atoms with van der Waals surface area (Å²) in [6.07, 6.45) is 1.22. The van der Waals surface area contributed by atoms with Crippen LogP contribution in [0.5, 0.6) is 0 Å². The second kappa shape index (κ2) is 5.64. The number of benzene rings is 1. The van der Waals surface area contributed by atoms with Crippen molar-refractivity contribution >= 4 is 5.82 Å². The van der Waals surface area contributed by atoms with Crippen molar-refractivity contribution in [1.29, 1.82) is 0 Å². The van der Waals surface area contributed by atoms with Crippen LogP contribution < -0.4 is 4.90 Å². The maximum atomic E-state index is 9.73. The van der Waals surface area contributed by atoms with Gasteiger partial charge >= 0.3 is 0 Å². The van der Waals surface area contributed by atoms with Crippen molar-refractivity contribution in [3.63, 3.8) is 0 Å². The van der Waals surface area contributed by atoms with Crippen LogP contribution in [0.3, 0.4) is 0 Å². The number of hydrogen-bond acceptors (Lipinski definition) is 4. The Hall–Kier alpha value is -1.85. The highest BCUT2D eigenvalue weighted by atomic mass is 16.3. The third-order valence-electron chi connectivity index (χ3n) is 3.68. The van der Waals surface area contributed by atoms with Crippen LogP contribution >= 0.6 is 0 Å². The van der Waals surface area contributed by atoms with Crippen molar-refractivity contribution in [2.75, 3.05) is 18.0 Å². The Balaban J connectivity index is 1.68. The summed E-state index contributed by atoms with van der Waals surface area (Å²) in [5.74, 6) is 0.854. The Bertz CT molecular complexity index is 555. The van der Waals surface area contributed by atoms with Gasteiger partial charge in [0.15, 0.2) is 5.82 Å². The van der Waals surface area contributed by atoms with Gasteiger partial charge in [-0.05, 0) is 12.0 Å². The molecule has 2 atom stereocenters. The van der Waals surface area contributed by atoms with Gasteiger partial charge in [-0.2, -0.15) is 5.10 Å². The third-order valence-corrected chi connectivity index (χ3v) is 3.68. The lowest BCUT2D eigenvalue weighted by atomic mass is 10.1. The topological polar surface area (TPSA) is 61.5 Å². The van der Waals surface area contributed by atoms with E-state index in [0.717, 1.165) is 18.9 Å². The van der Waals surface area contributed by atoms with E-state index in [-0.39, 0.29) is 0 Å². The van der Waals surface area contributed by atoms with Gasteiger partial charge in [0.25, 0.3) is 0 Å². The van der Waals surface area contributed by atoms with Gasteiger partial charge in [0.2, 0.25) is 0 Å². The van der Waals surface area contributed by atoms with E-state index in [0.29, 0.717) is 13.0 Å². The van der Waals surface area contributed by atoms with E-state index in [2.05, 4.69) is 17.2 Å². The van der Waals surface area contributed by atoms with E-state index in [1.165, 1.54) is 5.56 Å². The molecule has 0 spiro atoms. The van der Waals surface area contributed by atoms with Crippen LogP contribution in [0.1, 0.15) is 12.0 Å². The summed E-state index contributed by atoms with van der Waals surface area (Å²) in [5, 5.41) is 23.8. The minimum Gasteiger partial charge on any atom is -0.390 e. The SMILES string of the molecule is O[C@@H]1CCN(c2ccn(Cc3ccccc3)n2)C[C@@H]1O. The first-order valence-electron chi connectivity index (χ1n) is 6.91. The molecule has 2 N–H and O–H groups in total. The number of rotatable bonds is 3. The molecule has 20 heavy (non-hydrogen) atoms. The second-order valence-corrected chi connectivity index (χ2v) is 5.23. The van der Waals surface area contributed by atoms with Crippen LogP contribution in [-0.2, 0) is 6.54 Å². The van der Waals surface area contributed by atoms with Gasteiger partial charge < -0.3 is 15.1 Å². The molecule has 0 saturated carbocycles. The molecule has 5 nitrogen and oxygen atoms in total. The van der Waals surface area contributed by atoms with Gasteiger partial charge in [-0.1, -0.05) is 30.3 Å². The van der Waals surface area contributed by atoms with Gasteiger partial charge in [0.05, 0.1) is 18.8 Å². The monoisotopic (exact) mass is 273 g/mol. The van der Waals surface area contributed by atoms with Gasteiger partial charge in [-0.15, -0.1) is 0 Å². The van der Waals surface area contributed by atoms with E-state index < -0.39 is 12.2 Å². The summed E-state index contributed by atoms with van der Waals surface area (Å²) >= 11 is 0. The van der Waals surface area contributed by atoms with Gasteiger partial charge in [0.1, 0.15) is 0 Å². The molecule has 0 unspecified atom stereocenters.